The topological polar surface area (TPSA) is 69.6 Å². The molecule has 0 spiro atoms. The van der Waals surface area contributed by atoms with Crippen molar-refractivity contribution in [2.45, 2.75) is 42.0 Å². The standard InChI is InChI=1S/C13H20N2O3S2/c16-9-6-10-3-4-13(19-10)20(17,18)14-11-5-8-15-7-1-2-12(11)15/h3-4,11-12,14,16H,1-2,5-9H2. The van der Waals surface area contributed by atoms with Crippen LogP contribution in [0.15, 0.2) is 16.3 Å². The molecule has 7 heteroatoms. The highest BCUT2D eigenvalue weighted by atomic mass is 32.2. The van der Waals surface area contributed by atoms with Crippen LogP contribution in [0, 0.1) is 0 Å². The molecule has 2 aliphatic heterocycles. The summed E-state index contributed by atoms with van der Waals surface area (Å²) in [5.74, 6) is 0. The van der Waals surface area contributed by atoms with Crippen molar-refractivity contribution in [3.05, 3.63) is 17.0 Å². The Labute approximate surface area is 123 Å². The molecule has 0 radical (unpaired) electrons. The third-order valence-electron chi connectivity index (χ3n) is 4.17. The van der Waals surface area contributed by atoms with E-state index in [1.165, 1.54) is 17.8 Å². The zero-order valence-electron chi connectivity index (χ0n) is 11.3. The first-order chi connectivity index (χ1) is 9.60. The predicted octanol–water partition coefficient (Wildman–Crippen LogP) is 0.798. The van der Waals surface area contributed by atoms with Gasteiger partial charge < -0.3 is 5.11 Å². The van der Waals surface area contributed by atoms with Crippen LogP contribution in [-0.4, -0.2) is 50.2 Å². The summed E-state index contributed by atoms with van der Waals surface area (Å²) in [4.78, 5) is 3.29. The Balaban J connectivity index is 1.71. The Kier molecular flexibility index (Phi) is 4.14. The van der Waals surface area contributed by atoms with Crippen molar-refractivity contribution in [3.63, 3.8) is 0 Å². The molecule has 0 aliphatic carbocycles. The van der Waals surface area contributed by atoms with Crippen LogP contribution in [0.3, 0.4) is 0 Å². The van der Waals surface area contributed by atoms with E-state index in [1.54, 1.807) is 12.1 Å². The fraction of sp³-hybridized carbons (Fsp3) is 0.692. The Morgan fingerprint density at radius 2 is 2.20 bits per heavy atom. The van der Waals surface area contributed by atoms with Crippen LogP contribution in [-0.2, 0) is 16.4 Å². The van der Waals surface area contributed by atoms with Crippen molar-refractivity contribution in [2.24, 2.45) is 0 Å². The smallest absolute Gasteiger partial charge is 0.250 e. The van der Waals surface area contributed by atoms with Crippen molar-refractivity contribution in [1.82, 2.24) is 9.62 Å². The zero-order valence-corrected chi connectivity index (χ0v) is 12.9. The maximum Gasteiger partial charge on any atom is 0.250 e. The van der Waals surface area contributed by atoms with Crippen molar-refractivity contribution >= 4 is 21.4 Å². The number of thiophene rings is 1. The van der Waals surface area contributed by atoms with Gasteiger partial charge in [-0.15, -0.1) is 11.3 Å². The summed E-state index contributed by atoms with van der Waals surface area (Å²) in [6.45, 7) is 2.15. The first-order valence-corrected chi connectivity index (χ1v) is 9.36. The van der Waals surface area contributed by atoms with E-state index >= 15 is 0 Å². The number of fused-ring (bicyclic) bond motifs is 1. The number of hydrogen-bond donors (Lipinski definition) is 2. The SMILES string of the molecule is O=S(=O)(NC1CCN2CCCC12)c1ccc(CCO)s1. The van der Waals surface area contributed by atoms with Gasteiger partial charge >= 0.3 is 0 Å². The number of nitrogens with one attached hydrogen (secondary N) is 1. The van der Waals surface area contributed by atoms with Crippen molar-refractivity contribution in [1.29, 1.82) is 0 Å². The van der Waals surface area contributed by atoms with Crippen LogP contribution in [0.4, 0.5) is 0 Å². The largest absolute Gasteiger partial charge is 0.396 e. The van der Waals surface area contributed by atoms with Crippen LogP contribution >= 0.6 is 11.3 Å². The molecule has 2 atom stereocenters. The third kappa shape index (κ3) is 2.78. The van der Waals surface area contributed by atoms with Gasteiger partial charge in [0.2, 0.25) is 10.0 Å². The highest BCUT2D eigenvalue weighted by Gasteiger charge is 2.39. The molecule has 2 aliphatic rings. The fourth-order valence-electron chi connectivity index (χ4n) is 3.22. The van der Waals surface area contributed by atoms with E-state index in [2.05, 4.69) is 9.62 Å². The van der Waals surface area contributed by atoms with Crippen LogP contribution in [0.2, 0.25) is 0 Å². The molecule has 2 fully saturated rings. The van der Waals surface area contributed by atoms with Gasteiger partial charge in [-0.2, -0.15) is 0 Å². The van der Waals surface area contributed by atoms with E-state index in [1.807, 2.05) is 0 Å². The Bertz CT molecular complexity index is 570. The van der Waals surface area contributed by atoms with Gasteiger partial charge in [-0.3, -0.25) is 4.90 Å². The molecule has 5 nitrogen and oxygen atoms in total. The van der Waals surface area contributed by atoms with Gasteiger partial charge in [-0.1, -0.05) is 0 Å². The summed E-state index contributed by atoms with van der Waals surface area (Å²) in [6.07, 6.45) is 3.68. The molecule has 2 unspecified atom stereocenters. The monoisotopic (exact) mass is 316 g/mol. The van der Waals surface area contributed by atoms with Gasteiger partial charge in [0.1, 0.15) is 4.21 Å². The average Bonchev–Trinajstić information content (AvgIpc) is 3.07. The molecule has 0 saturated carbocycles. The lowest BCUT2D eigenvalue weighted by atomic mass is 10.1. The predicted molar refractivity (Wildman–Crippen MR) is 78.4 cm³/mol. The average molecular weight is 316 g/mol. The normalized spacial score (nSPS) is 27.1. The van der Waals surface area contributed by atoms with Crippen molar-refractivity contribution < 1.29 is 13.5 Å². The molecule has 1 aromatic rings. The number of sulfonamides is 1. The Morgan fingerprint density at radius 3 is 3.00 bits per heavy atom. The van der Waals surface area contributed by atoms with Crippen LogP contribution in [0.25, 0.3) is 0 Å². The molecule has 20 heavy (non-hydrogen) atoms. The molecule has 2 N–H and O–H groups in total. The van der Waals surface area contributed by atoms with Gasteiger partial charge in [0.15, 0.2) is 0 Å². The van der Waals surface area contributed by atoms with Gasteiger partial charge in [0, 0.05) is 36.5 Å². The van der Waals surface area contributed by atoms with E-state index in [4.69, 9.17) is 5.11 Å². The number of nitrogens with zero attached hydrogens (tertiary/aromatic N) is 1. The highest BCUT2D eigenvalue weighted by Crippen LogP contribution is 2.30. The van der Waals surface area contributed by atoms with Crippen molar-refractivity contribution in [3.8, 4) is 0 Å². The van der Waals surface area contributed by atoms with E-state index in [-0.39, 0.29) is 12.6 Å². The first kappa shape index (κ1) is 14.5. The van der Waals surface area contributed by atoms with Crippen LogP contribution in [0.5, 0.6) is 0 Å². The highest BCUT2D eigenvalue weighted by molar-refractivity contribution is 7.91. The fourth-order valence-corrected chi connectivity index (χ4v) is 5.89. The van der Waals surface area contributed by atoms with Gasteiger partial charge in [-0.05, 0) is 37.9 Å². The summed E-state index contributed by atoms with van der Waals surface area (Å²) in [7, 11) is -3.42. The first-order valence-electron chi connectivity index (χ1n) is 7.06. The van der Waals surface area contributed by atoms with E-state index in [9.17, 15) is 8.42 Å². The third-order valence-corrected chi connectivity index (χ3v) is 7.30. The zero-order chi connectivity index (χ0) is 14.2. The second-order valence-electron chi connectivity index (χ2n) is 5.46. The molecule has 112 valence electrons. The maximum absolute atomic E-state index is 12.4. The van der Waals surface area contributed by atoms with Crippen LogP contribution < -0.4 is 4.72 Å². The summed E-state index contributed by atoms with van der Waals surface area (Å²) in [6, 6.07) is 3.85. The summed E-state index contributed by atoms with van der Waals surface area (Å²) >= 11 is 1.25. The summed E-state index contributed by atoms with van der Waals surface area (Å²) in [5, 5.41) is 8.90. The molecule has 0 aromatic carbocycles. The maximum atomic E-state index is 12.4. The van der Waals surface area contributed by atoms with Crippen molar-refractivity contribution in [2.75, 3.05) is 19.7 Å². The molecular weight excluding hydrogens is 296 g/mol. The van der Waals surface area contributed by atoms with Gasteiger partial charge in [0.25, 0.3) is 0 Å². The minimum Gasteiger partial charge on any atom is -0.396 e. The molecule has 1 aromatic heterocycles. The lowest BCUT2D eigenvalue weighted by Crippen LogP contribution is -2.42. The minimum atomic E-state index is -3.42. The number of aliphatic hydroxyl groups is 1. The molecule has 2 saturated heterocycles. The summed E-state index contributed by atoms with van der Waals surface area (Å²) < 4.78 is 28.1. The molecule has 0 bridgehead atoms. The van der Waals surface area contributed by atoms with E-state index in [0.29, 0.717) is 16.7 Å². The second-order valence-corrected chi connectivity index (χ2v) is 8.57. The van der Waals surface area contributed by atoms with Crippen LogP contribution in [0.1, 0.15) is 24.1 Å². The number of hydrogen-bond acceptors (Lipinski definition) is 5. The molecule has 3 rings (SSSR count). The number of aliphatic hydroxyl groups excluding tert-OH is 1. The minimum absolute atomic E-state index is 0.0471. The lowest BCUT2D eigenvalue weighted by Gasteiger charge is -2.20. The van der Waals surface area contributed by atoms with E-state index in [0.717, 1.165) is 30.8 Å². The summed E-state index contributed by atoms with van der Waals surface area (Å²) in [5.41, 5.74) is 0. The Hall–Kier alpha value is -0.470. The quantitative estimate of drug-likeness (QED) is 0.843. The van der Waals surface area contributed by atoms with Gasteiger partial charge in [0.05, 0.1) is 0 Å². The van der Waals surface area contributed by atoms with Gasteiger partial charge in [-0.25, -0.2) is 13.1 Å². The second kappa shape index (κ2) is 5.73. The molecular formula is C13H20N2O3S2. The number of rotatable bonds is 5. The lowest BCUT2D eigenvalue weighted by molar-refractivity contribution is 0.300. The Morgan fingerprint density at radius 1 is 1.35 bits per heavy atom. The molecule has 3 heterocycles. The van der Waals surface area contributed by atoms with E-state index < -0.39 is 10.0 Å². The molecule has 0 amide bonds.